The van der Waals surface area contributed by atoms with Gasteiger partial charge in [0.25, 0.3) is 0 Å². The Morgan fingerprint density at radius 3 is 2.70 bits per heavy atom. The standard InChI is InChI=1S/C17H25FIN/c1-3-12-7-5-6-8-14(12)17(20-4-2)15-10-9-13(18)11-16(15)19/h9-12,14,17,20H,3-8H2,1-2H3. The smallest absolute Gasteiger partial charge is 0.124 e. The second-order valence-electron chi connectivity index (χ2n) is 5.82. The lowest BCUT2D eigenvalue weighted by atomic mass is 9.72. The Balaban J connectivity index is 2.29. The summed E-state index contributed by atoms with van der Waals surface area (Å²) in [6.07, 6.45) is 6.60. The minimum Gasteiger partial charge on any atom is -0.310 e. The van der Waals surface area contributed by atoms with E-state index in [-0.39, 0.29) is 5.82 Å². The van der Waals surface area contributed by atoms with Crippen LogP contribution in [0.1, 0.15) is 57.6 Å². The van der Waals surface area contributed by atoms with Crippen LogP contribution in [0.4, 0.5) is 4.39 Å². The fraction of sp³-hybridized carbons (Fsp3) is 0.647. The number of halogens is 2. The lowest BCUT2D eigenvalue weighted by Crippen LogP contribution is -2.35. The molecule has 1 aromatic carbocycles. The summed E-state index contributed by atoms with van der Waals surface area (Å²) < 4.78 is 14.4. The minimum atomic E-state index is -0.135. The molecule has 3 atom stereocenters. The van der Waals surface area contributed by atoms with Crippen molar-refractivity contribution >= 4 is 22.6 Å². The van der Waals surface area contributed by atoms with Crippen LogP contribution in [0.2, 0.25) is 0 Å². The van der Waals surface area contributed by atoms with E-state index >= 15 is 0 Å². The maximum atomic E-state index is 13.4. The molecule has 3 heteroatoms. The summed E-state index contributed by atoms with van der Waals surface area (Å²) in [6.45, 7) is 5.43. The van der Waals surface area contributed by atoms with Crippen LogP contribution in [-0.2, 0) is 0 Å². The lowest BCUT2D eigenvalue weighted by Gasteiger charge is -2.38. The van der Waals surface area contributed by atoms with Crippen LogP contribution in [0, 0.1) is 21.2 Å². The first-order chi connectivity index (χ1) is 9.67. The highest BCUT2D eigenvalue weighted by Crippen LogP contribution is 2.41. The highest BCUT2D eigenvalue weighted by atomic mass is 127. The van der Waals surface area contributed by atoms with E-state index in [4.69, 9.17) is 0 Å². The van der Waals surface area contributed by atoms with Gasteiger partial charge in [-0.05, 0) is 65.1 Å². The first-order valence-corrected chi connectivity index (χ1v) is 8.93. The van der Waals surface area contributed by atoms with Gasteiger partial charge in [-0.1, -0.05) is 45.6 Å². The molecule has 1 aliphatic rings. The van der Waals surface area contributed by atoms with Crippen molar-refractivity contribution in [2.45, 2.75) is 52.0 Å². The van der Waals surface area contributed by atoms with Crippen molar-refractivity contribution in [2.24, 2.45) is 11.8 Å². The van der Waals surface area contributed by atoms with Gasteiger partial charge in [0.2, 0.25) is 0 Å². The maximum absolute atomic E-state index is 13.4. The summed E-state index contributed by atoms with van der Waals surface area (Å²) in [5.41, 5.74) is 1.28. The van der Waals surface area contributed by atoms with E-state index in [9.17, 15) is 4.39 Å². The van der Waals surface area contributed by atoms with Gasteiger partial charge >= 0.3 is 0 Å². The summed E-state index contributed by atoms with van der Waals surface area (Å²) in [7, 11) is 0. The average molecular weight is 389 g/mol. The SMILES string of the molecule is CCNC(c1ccc(F)cc1I)C1CCCCC1CC. The summed E-state index contributed by atoms with van der Waals surface area (Å²) in [5.74, 6) is 1.35. The minimum absolute atomic E-state index is 0.135. The Bertz CT molecular complexity index is 435. The van der Waals surface area contributed by atoms with Crippen molar-refractivity contribution < 1.29 is 4.39 Å². The van der Waals surface area contributed by atoms with Crippen molar-refractivity contribution in [3.63, 3.8) is 0 Å². The molecule has 3 unspecified atom stereocenters. The van der Waals surface area contributed by atoms with Crippen molar-refractivity contribution in [2.75, 3.05) is 6.54 Å². The Morgan fingerprint density at radius 1 is 1.30 bits per heavy atom. The Labute approximate surface area is 135 Å². The van der Waals surface area contributed by atoms with Crippen LogP contribution in [-0.4, -0.2) is 6.54 Å². The van der Waals surface area contributed by atoms with E-state index in [1.807, 2.05) is 6.07 Å². The van der Waals surface area contributed by atoms with Gasteiger partial charge in [0.15, 0.2) is 0 Å². The fourth-order valence-corrected chi connectivity index (χ4v) is 4.46. The second kappa shape index (κ2) is 7.74. The fourth-order valence-electron chi connectivity index (χ4n) is 3.65. The van der Waals surface area contributed by atoms with E-state index in [0.29, 0.717) is 12.0 Å². The molecule has 0 radical (unpaired) electrons. The number of rotatable bonds is 5. The first-order valence-electron chi connectivity index (χ1n) is 7.85. The molecular weight excluding hydrogens is 364 g/mol. The van der Waals surface area contributed by atoms with E-state index < -0.39 is 0 Å². The second-order valence-corrected chi connectivity index (χ2v) is 6.98. The average Bonchev–Trinajstić information content (AvgIpc) is 2.45. The Kier molecular flexibility index (Phi) is 6.27. The van der Waals surface area contributed by atoms with Crippen molar-refractivity contribution in [1.82, 2.24) is 5.32 Å². The molecule has 0 saturated heterocycles. The molecule has 1 aromatic rings. The molecule has 0 aromatic heterocycles. The van der Waals surface area contributed by atoms with Gasteiger partial charge in [0, 0.05) is 9.61 Å². The van der Waals surface area contributed by atoms with Crippen LogP contribution in [0.5, 0.6) is 0 Å². The third kappa shape index (κ3) is 3.73. The molecule has 0 aliphatic heterocycles. The van der Waals surface area contributed by atoms with E-state index in [0.717, 1.165) is 16.0 Å². The monoisotopic (exact) mass is 389 g/mol. The van der Waals surface area contributed by atoms with E-state index in [1.54, 1.807) is 12.1 Å². The molecule has 1 N–H and O–H groups in total. The molecule has 1 aliphatic carbocycles. The molecule has 1 saturated carbocycles. The van der Waals surface area contributed by atoms with Crippen LogP contribution in [0.15, 0.2) is 18.2 Å². The molecule has 112 valence electrons. The third-order valence-corrected chi connectivity index (χ3v) is 5.58. The van der Waals surface area contributed by atoms with Crippen molar-refractivity contribution in [3.05, 3.63) is 33.1 Å². The molecule has 0 amide bonds. The number of hydrogen-bond donors (Lipinski definition) is 1. The van der Waals surface area contributed by atoms with Crippen LogP contribution in [0.3, 0.4) is 0 Å². The van der Waals surface area contributed by atoms with Crippen molar-refractivity contribution in [1.29, 1.82) is 0 Å². The lowest BCUT2D eigenvalue weighted by molar-refractivity contribution is 0.176. The predicted octanol–water partition coefficient (Wildman–Crippen LogP) is 5.30. The number of benzene rings is 1. The quantitative estimate of drug-likeness (QED) is 0.675. The van der Waals surface area contributed by atoms with Crippen LogP contribution < -0.4 is 5.32 Å². The molecule has 2 rings (SSSR count). The summed E-state index contributed by atoms with van der Waals surface area (Å²) in [6, 6.07) is 5.61. The molecule has 1 nitrogen and oxygen atoms in total. The number of hydrogen-bond acceptors (Lipinski definition) is 1. The number of nitrogens with one attached hydrogen (secondary N) is 1. The zero-order valence-corrected chi connectivity index (χ0v) is 14.6. The third-order valence-electron chi connectivity index (χ3n) is 4.64. The molecule has 0 heterocycles. The van der Waals surface area contributed by atoms with Gasteiger partial charge in [0.05, 0.1) is 0 Å². The Morgan fingerprint density at radius 2 is 2.05 bits per heavy atom. The summed E-state index contributed by atoms with van der Waals surface area (Å²) >= 11 is 2.28. The van der Waals surface area contributed by atoms with Gasteiger partial charge in [-0.2, -0.15) is 0 Å². The highest BCUT2D eigenvalue weighted by molar-refractivity contribution is 14.1. The van der Waals surface area contributed by atoms with Crippen molar-refractivity contribution in [3.8, 4) is 0 Å². The van der Waals surface area contributed by atoms with Crippen LogP contribution in [0.25, 0.3) is 0 Å². The van der Waals surface area contributed by atoms with Gasteiger partial charge in [-0.15, -0.1) is 0 Å². The molecule has 1 fully saturated rings. The molecule has 20 heavy (non-hydrogen) atoms. The zero-order valence-electron chi connectivity index (χ0n) is 12.5. The summed E-state index contributed by atoms with van der Waals surface area (Å²) in [5, 5.41) is 3.67. The van der Waals surface area contributed by atoms with E-state index in [2.05, 4.69) is 41.8 Å². The van der Waals surface area contributed by atoms with Gasteiger partial charge in [-0.3, -0.25) is 0 Å². The first kappa shape index (κ1) is 16.2. The molecule has 0 spiro atoms. The summed E-state index contributed by atoms with van der Waals surface area (Å²) in [4.78, 5) is 0. The normalized spacial score (nSPS) is 24.6. The molecule has 0 bridgehead atoms. The highest BCUT2D eigenvalue weighted by Gasteiger charge is 2.32. The van der Waals surface area contributed by atoms with Crippen LogP contribution >= 0.6 is 22.6 Å². The van der Waals surface area contributed by atoms with Gasteiger partial charge in [0.1, 0.15) is 5.82 Å². The topological polar surface area (TPSA) is 12.0 Å². The maximum Gasteiger partial charge on any atom is 0.124 e. The molecular formula is C17H25FIN. The predicted molar refractivity (Wildman–Crippen MR) is 91.3 cm³/mol. The van der Waals surface area contributed by atoms with Gasteiger partial charge in [-0.25, -0.2) is 4.39 Å². The Hall–Kier alpha value is -0.160. The van der Waals surface area contributed by atoms with E-state index in [1.165, 1.54) is 37.7 Å². The largest absolute Gasteiger partial charge is 0.310 e. The zero-order chi connectivity index (χ0) is 14.5. The van der Waals surface area contributed by atoms with Gasteiger partial charge < -0.3 is 5.32 Å².